The first kappa shape index (κ1) is 20.2. The Morgan fingerprint density at radius 1 is 1.14 bits per heavy atom. The topological polar surface area (TPSA) is 69.7 Å². The standard InChI is InChI=1S/C21H27N3O3S/c1-5-23(6-2)19-10-8-18(9-11-19)22-21(25)16-7-12-20-17(14-16)13-15(3)24(20)28(4,26)27/h7-12,14-15H,5-6,13H2,1-4H3,(H,22,25). The molecule has 28 heavy (non-hydrogen) atoms. The number of anilines is 3. The van der Waals surface area contributed by atoms with Crippen LogP contribution < -0.4 is 14.5 Å². The van der Waals surface area contributed by atoms with Crippen LogP contribution in [0.5, 0.6) is 0 Å². The number of amides is 1. The summed E-state index contributed by atoms with van der Waals surface area (Å²) in [6.45, 7) is 7.95. The minimum Gasteiger partial charge on any atom is -0.372 e. The van der Waals surface area contributed by atoms with Crippen LogP contribution in [0, 0.1) is 0 Å². The van der Waals surface area contributed by atoms with E-state index in [0.29, 0.717) is 17.7 Å². The van der Waals surface area contributed by atoms with E-state index < -0.39 is 10.0 Å². The van der Waals surface area contributed by atoms with Crippen molar-refractivity contribution in [1.82, 2.24) is 0 Å². The average molecular weight is 402 g/mol. The molecule has 0 aromatic heterocycles. The molecule has 1 N–H and O–H groups in total. The van der Waals surface area contributed by atoms with Crippen LogP contribution >= 0.6 is 0 Å². The van der Waals surface area contributed by atoms with Gasteiger partial charge in [-0.2, -0.15) is 0 Å². The van der Waals surface area contributed by atoms with Crippen LogP contribution in [0.1, 0.15) is 36.7 Å². The van der Waals surface area contributed by atoms with Crippen molar-refractivity contribution in [2.45, 2.75) is 33.2 Å². The number of hydrogen-bond acceptors (Lipinski definition) is 4. The van der Waals surface area contributed by atoms with Crippen LogP contribution in [-0.4, -0.2) is 39.7 Å². The summed E-state index contributed by atoms with van der Waals surface area (Å²) in [4.78, 5) is 14.9. The van der Waals surface area contributed by atoms with E-state index in [0.717, 1.165) is 30.0 Å². The third-order valence-electron chi connectivity index (χ3n) is 5.11. The van der Waals surface area contributed by atoms with Gasteiger partial charge in [-0.05, 0) is 75.2 Å². The lowest BCUT2D eigenvalue weighted by Crippen LogP contribution is -2.34. The van der Waals surface area contributed by atoms with Gasteiger partial charge in [0.25, 0.3) is 5.91 Å². The highest BCUT2D eigenvalue weighted by atomic mass is 32.2. The van der Waals surface area contributed by atoms with Gasteiger partial charge in [-0.25, -0.2) is 8.42 Å². The Labute approximate surface area is 167 Å². The third-order valence-corrected chi connectivity index (χ3v) is 6.38. The minimum atomic E-state index is -3.33. The highest BCUT2D eigenvalue weighted by molar-refractivity contribution is 7.92. The maximum absolute atomic E-state index is 12.7. The highest BCUT2D eigenvalue weighted by Crippen LogP contribution is 2.34. The molecule has 150 valence electrons. The number of benzene rings is 2. The molecule has 7 heteroatoms. The molecular weight excluding hydrogens is 374 g/mol. The van der Waals surface area contributed by atoms with E-state index in [2.05, 4.69) is 24.1 Å². The number of nitrogens with zero attached hydrogens (tertiary/aromatic N) is 2. The molecule has 3 rings (SSSR count). The summed E-state index contributed by atoms with van der Waals surface area (Å²) in [6, 6.07) is 12.8. The van der Waals surface area contributed by atoms with Gasteiger partial charge in [0.15, 0.2) is 0 Å². The van der Waals surface area contributed by atoms with Crippen molar-refractivity contribution in [2.75, 3.05) is 33.9 Å². The van der Waals surface area contributed by atoms with Gasteiger partial charge in [0.1, 0.15) is 0 Å². The molecule has 1 amide bonds. The van der Waals surface area contributed by atoms with Crippen LogP contribution in [0.15, 0.2) is 42.5 Å². The van der Waals surface area contributed by atoms with Gasteiger partial charge in [0.05, 0.1) is 11.9 Å². The minimum absolute atomic E-state index is 0.143. The first-order valence-corrected chi connectivity index (χ1v) is 11.4. The molecule has 0 aliphatic carbocycles. The molecule has 0 bridgehead atoms. The Balaban J connectivity index is 1.77. The van der Waals surface area contributed by atoms with Crippen LogP contribution in [0.25, 0.3) is 0 Å². The number of carbonyl (C=O) groups excluding carboxylic acids is 1. The second kappa shape index (κ2) is 7.83. The van der Waals surface area contributed by atoms with Gasteiger partial charge in [-0.1, -0.05) is 0 Å². The van der Waals surface area contributed by atoms with E-state index in [9.17, 15) is 13.2 Å². The predicted octanol–water partition coefficient (Wildman–Crippen LogP) is 3.50. The van der Waals surface area contributed by atoms with Crippen molar-refractivity contribution in [3.63, 3.8) is 0 Å². The van der Waals surface area contributed by atoms with E-state index >= 15 is 0 Å². The molecular formula is C21H27N3O3S. The fourth-order valence-electron chi connectivity index (χ4n) is 3.80. The van der Waals surface area contributed by atoms with Crippen molar-refractivity contribution in [2.24, 2.45) is 0 Å². The maximum atomic E-state index is 12.7. The van der Waals surface area contributed by atoms with Crippen molar-refractivity contribution in [3.8, 4) is 0 Å². The largest absolute Gasteiger partial charge is 0.372 e. The number of rotatable bonds is 6. The molecule has 1 atom stereocenters. The molecule has 1 heterocycles. The zero-order chi connectivity index (χ0) is 20.5. The van der Waals surface area contributed by atoms with Crippen molar-refractivity contribution in [1.29, 1.82) is 0 Å². The average Bonchev–Trinajstić information content (AvgIpc) is 2.99. The van der Waals surface area contributed by atoms with Crippen LogP contribution in [-0.2, 0) is 16.4 Å². The van der Waals surface area contributed by atoms with Gasteiger partial charge in [0.2, 0.25) is 10.0 Å². The Hall–Kier alpha value is -2.54. The summed E-state index contributed by atoms with van der Waals surface area (Å²) in [6.07, 6.45) is 1.81. The second-order valence-electron chi connectivity index (χ2n) is 7.13. The zero-order valence-electron chi connectivity index (χ0n) is 16.8. The molecule has 0 fully saturated rings. The van der Waals surface area contributed by atoms with Gasteiger partial charge in [0, 0.05) is 36.1 Å². The third kappa shape index (κ3) is 3.99. The van der Waals surface area contributed by atoms with Crippen LogP contribution in [0.3, 0.4) is 0 Å². The Morgan fingerprint density at radius 3 is 2.36 bits per heavy atom. The Morgan fingerprint density at radius 2 is 1.79 bits per heavy atom. The normalized spacial score (nSPS) is 16.0. The summed E-state index contributed by atoms with van der Waals surface area (Å²) in [7, 11) is -3.33. The first-order chi connectivity index (χ1) is 13.2. The smallest absolute Gasteiger partial charge is 0.255 e. The van der Waals surface area contributed by atoms with E-state index in [1.54, 1.807) is 18.2 Å². The lowest BCUT2D eigenvalue weighted by molar-refractivity contribution is 0.102. The fourth-order valence-corrected chi connectivity index (χ4v) is 5.06. The van der Waals surface area contributed by atoms with Gasteiger partial charge >= 0.3 is 0 Å². The SMILES string of the molecule is CCN(CC)c1ccc(NC(=O)c2ccc3c(c2)CC(C)N3S(C)(=O)=O)cc1. The lowest BCUT2D eigenvalue weighted by atomic mass is 10.1. The summed E-state index contributed by atoms with van der Waals surface area (Å²) in [5.74, 6) is -0.205. The molecule has 1 aliphatic rings. The van der Waals surface area contributed by atoms with E-state index in [-0.39, 0.29) is 11.9 Å². The molecule has 6 nitrogen and oxygen atoms in total. The van der Waals surface area contributed by atoms with Crippen LogP contribution in [0.4, 0.5) is 17.1 Å². The Kier molecular flexibility index (Phi) is 5.65. The summed E-state index contributed by atoms with van der Waals surface area (Å²) in [5.41, 5.74) is 3.91. The van der Waals surface area contributed by atoms with E-state index in [4.69, 9.17) is 0 Å². The second-order valence-corrected chi connectivity index (χ2v) is 8.99. The highest BCUT2D eigenvalue weighted by Gasteiger charge is 2.32. The molecule has 0 spiro atoms. The first-order valence-electron chi connectivity index (χ1n) is 9.53. The molecule has 2 aromatic carbocycles. The van der Waals surface area contributed by atoms with Crippen molar-refractivity contribution >= 4 is 33.0 Å². The number of sulfonamides is 1. The maximum Gasteiger partial charge on any atom is 0.255 e. The number of hydrogen-bond donors (Lipinski definition) is 1. The predicted molar refractivity (Wildman–Crippen MR) is 115 cm³/mol. The number of fused-ring (bicyclic) bond motifs is 1. The summed E-state index contributed by atoms with van der Waals surface area (Å²) < 4.78 is 25.5. The van der Waals surface area contributed by atoms with E-state index in [1.165, 1.54) is 10.6 Å². The van der Waals surface area contributed by atoms with Gasteiger partial charge in [-0.3, -0.25) is 9.10 Å². The summed E-state index contributed by atoms with van der Waals surface area (Å²) in [5, 5.41) is 2.91. The zero-order valence-corrected chi connectivity index (χ0v) is 17.6. The molecule has 0 radical (unpaired) electrons. The monoisotopic (exact) mass is 401 g/mol. The molecule has 0 saturated carbocycles. The molecule has 1 unspecified atom stereocenters. The van der Waals surface area contributed by atoms with Crippen LogP contribution in [0.2, 0.25) is 0 Å². The summed E-state index contributed by atoms with van der Waals surface area (Å²) >= 11 is 0. The fraction of sp³-hybridized carbons (Fsp3) is 0.381. The number of nitrogens with one attached hydrogen (secondary N) is 1. The number of carbonyl (C=O) groups is 1. The lowest BCUT2D eigenvalue weighted by Gasteiger charge is -2.22. The van der Waals surface area contributed by atoms with Gasteiger partial charge in [-0.15, -0.1) is 0 Å². The molecule has 1 aliphatic heterocycles. The van der Waals surface area contributed by atoms with Gasteiger partial charge < -0.3 is 10.2 Å². The van der Waals surface area contributed by atoms with E-state index in [1.807, 2.05) is 31.2 Å². The Bertz CT molecular complexity index is 967. The van der Waals surface area contributed by atoms with Crippen molar-refractivity contribution < 1.29 is 13.2 Å². The molecule has 0 saturated heterocycles. The quantitative estimate of drug-likeness (QED) is 0.804. The van der Waals surface area contributed by atoms with Crippen molar-refractivity contribution in [3.05, 3.63) is 53.6 Å². The molecule has 2 aromatic rings.